The Labute approximate surface area is 490 Å². The number of nitrogen functional groups attached to an aromatic ring is 1. The maximum absolute atomic E-state index is 12.3. The number of benzene rings is 3. The van der Waals surface area contributed by atoms with Crippen LogP contribution >= 0.6 is 47.8 Å². The number of amides is 4. The summed E-state index contributed by atoms with van der Waals surface area (Å²) in [6, 6.07) is 18.4. The molecule has 0 aromatic heterocycles. The van der Waals surface area contributed by atoms with Crippen LogP contribution < -0.4 is 10.6 Å². The molecule has 3 fully saturated rings. The van der Waals surface area contributed by atoms with Gasteiger partial charge >= 0.3 is 30.2 Å². The third-order valence-corrected chi connectivity index (χ3v) is 14.4. The Morgan fingerprint density at radius 1 is 0.564 bits per heavy atom. The van der Waals surface area contributed by atoms with Crippen LogP contribution in [0.15, 0.2) is 68.0 Å². The van der Waals surface area contributed by atoms with Gasteiger partial charge in [-0.25, -0.2) is 14.4 Å². The molecule has 3 aliphatic heterocycles. The summed E-state index contributed by atoms with van der Waals surface area (Å²) in [6.07, 6.45) is 4.83. The van der Waals surface area contributed by atoms with Gasteiger partial charge in [-0.1, -0.05) is 67.3 Å². The summed E-state index contributed by atoms with van der Waals surface area (Å²) < 4.78 is 23.3. The molecule has 0 spiro atoms. The van der Waals surface area contributed by atoms with E-state index in [1.54, 1.807) is 16.7 Å². The molecule has 3 saturated heterocycles. The molecule has 19 heteroatoms. The maximum atomic E-state index is 12.3. The summed E-state index contributed by atoms with van der Waals surface area (Å²) in [5, 5.41) is 0. The Balaban J connectivity index is 0.000000521. The summed E-state index contributed by atoms with van der Waals surface area (Å²) >= 11 is 10.4. The van der Waals surface area contributed by atoms with Crippen molar-refractivity contribution < 1.29 is 52.5 Å². The average molecular weight is 1280 g/mol. The number of likely N-dealkylation sites (tertiary alicyclic amines) is 3. The lowest BCUT2D eigenvalue weighted by Gasteiger charge is -2.38. The van der Waals surface area contributed by atoms with Gasteiger partial charge in [0, 0.05) is 104 Å². The molecule has 78 heavy (non-hydrogen) atoms. The van der Waals surface area contributed by atoms with Crippen LogP contribution in [0, 0.1) is 26.7 Å². The van der Waals surface area contributed by atoms with E-state index in [4.69, 9.17) is 19.9 Å². The number of carbonyl (C=O) groups excluding carboxylic acids is 7. The molecule has 0 aliphatic carbocycles. The predicted molar refractivity (Wildman–Crippen MR) is 320 cm³/mol. The Hall–Kier alpha value is -5.01. The fourth-order valence-electron chi connectivity index (χ4n) is 8.01. The highest BCUT2D eigenvalue weighted by Gasteiger charge is 2.32. The van der Waals surface area contributed by atoms with E-state index >= 15 is 0 Å². The minimum Gasteiger partial charge on any atom is -0.444 e. The highest BCUT2D eigenvalue weighted by molar-refractivity contribution is 9.11. The molecule has 0 saturated carbocycles. The van der Waals surface area contributed by atoms with Crippen molar-refractivity contribution in [2.75, 3.05) is 49.9 Å². The van der Waals surface area contributed by atoms with Gasteiger partial charge < -0.3 is 44.3 Å². The van der Waals surface area contributed by atoms with Crippen molar-refractivity contribution in [2.24, 2.45) is 5.92 Å². The van der Waals surface area contributed by atoms with Crippen LogP contribution in [0.5, 0.6) is 0 Å². The minimum absolute atomic E-state index is 0. The molecule has 0 bridgehead atoms. The number of piperidine rings is 3. The fraction of sp³-hybridized carbons (Fsp3) is 0.576. The predicted octanol–water partition coefficient (Wildman–Crippen LogP) is 14.1. The zero-order valence-electron chi connectivity index (χ0n) is 48.0. The van der Waals surface area contributed by atoms with Crippen LogP contribution in [0.25, 0.3) is 0 Å². The second-order valence-electron chi connectivity index (χ2n) is 22.3. The highest BCUT2D eigenvalue weighted by Crippen LogP contribution is 2.29. The largest absolute Gasteiger partial charge is 0.444 e. The first-order chi connectivity index (χ1) is 35.5. The Bertz CT molecular complexity index is 2450. The number of anilines is 2. The van der Waals surface area contributed by atoms with Gasteiger partial charge in [0.05, 0.1) is 0 Å². The van der Waals surface area contributed by atoms with Crippen LogP contribution in [0.2, 0.25) is 0 Å². The fourth-order valence-corrected chi connectivity index (χ4v) is 8.75. The van der Waals surface area contributed by atoms with Crippen LogP contribution in [0.4, 0.5) is 25.8 Å². The minimum atomic E-state index is -0.562. The van der Waals surface area contributed by atoms with Crippen molar-refractivity contribution in [1.29, 1.82) is 0 Å². The van der Waals surface area contributed by atoms with Gasteiger partial charge in [0.2, 0.25) is 5.91 Å². The standard InChI is InChI=1S/C19H27BrN2O3.C18H26BrNO2.C10H17NO3.C7H8BrN.C4H6O3.CH4/c1-13-12-16(6-7-17(13)20)22(14(2)23)15-8-10-21(11-9-15)18(24)25-19(3,4)5;1-13-11-15(5-6-16(13)19)12-14-7-9-20(10-8-14)17(21)22-18(2,3)4;1-10(2,3)14-9(13)11-6-4-8(12)5-7-11;1-5-4-6(9)2-3-7(5)8;1-3(5)7-4(2)6;/h6-7,12,15H,8-11H2,1-5H3;5-6,11,14H,7-10,12H2,1-4H3;4-7H2,1-3H3;2-4H,9H2,1H3;1-2H3;1H4. The van der Waals surface area contributed by atoms with E-state index in [-0.39, 0.29) is 43.4 Å². The first kappa shape index (κ1) is 71.0. The van der Waals surface area contributed by atoms with Crippen LogP contribution in [-0.4, -0.2) is 119 Å². The zero-order chi connectivity index (χ0) is 58.6. The maximum Gasteiger partial charge on any atom is 0.410 e. The topological polar surface area (TPSA) is 195 Å². The molecule has 0 atom stereocenters. The zero-order valence-corrected chi connectivity index (χ0v) is 52.8. The Morgan fingerprint density at radius 2 is 0.936 bits per heavy atom. The van der Waals surface area contributed by atoms with Gasteiger partial charge in [0.1, 0.15) is 22.6 Å². The van der Waals surface area contributed by atoms with Crippen molar-refractivity contribution in [3.63, 3.8) is 0 Å². The number of hydrogen-bond donors (Lipinski definition) is 1. The number of carbonyl (C=O) groups is 7. The molecule has 0 unspecified atom stereocenters. The average Bonchev–Trinajstić information content (AvgIpc) is 3.29. The lowest BCUT2D eigenvalue weighted by atomic mass is 9.90. The molecule has 2 N–H and O–H groups in total. The van der Waals surface area contributed by atoms with E-state index in [1.165, 1.54) is 30.5 Å². The van der Waals surface area contributed by atoms with E-state index < -0.39 is 28.7 Å². The number of nitrogens with two attached hydrogens (primary N) is 1. The number of rotatable bonds is 4. The van der Waals surface area contributed by atoms with Gasteiger partial charge in [-0.2, -0.15) is 0 Å². The van der Waals surface area contributed by atoms with E-state index in [2.05, 4.69) is 77.6 Å². The third kappa shape index (κ3) is 28.2. The first-order valence-corrected chi connectivity index (χ1v) is 28.4. The lowest BCUT2D eigenvalue weighted by molar-refractivity contribution is -0.156. The van der Waals surface area contributed by atoms with Crippen molar-refractivity contribution in [3.05, 3.63) is 90.3 Å². The molecule has 3 aromatic carbocycles. The Kier molecular flexibility index (Phi) is 30.0. The molecule has 3 heterocycles. The van der Waals surface area contributed by atoms with Crippen LogP contribution in [0.3, 0.4) is 0 Å². The van der Waals surface area contributed by atoms with E-state index in [1.807, 2.05) is 122 Å². The SMILES string of the molecule is C.CC(=O)N(c1ccc(Br)c(C)c1)C1CCN(C(=O)OC(C)(C)C)CC1.CC(=O)OC(C)=O.CC(C)(C)OC(=O)N1CCC(=O)CC1.Cc1cc(CC2CCN(C(=O)OC(C)(C)C)CC2)ccc1Br.Cc1cc(N)ccc1Br. The van der Waals surface area contributed by atoms with E-state index in [9.17, 15) is 33.6 Å². The Morgan fingerprint density at radius 3 is 1.28 bits per heavy atom. The number of halogens is 3. The molecule has 4 amide bonds. The van der Waals surface area contributed by atoms with E-state index in [0.717, 1.165) is 75.6 Å². The van der Waals surface area contributed by atoms with Gasteiger partial charge in [0.25, 0.3) is 0 Å². The van der Waals surface area contributed by atoms with Crippen molar-refractivity contribution >= 4 is 101 Å². The second kappa shape index (κ2) is 32.9. The smallest absolute Gasteiger partial charge is 0.410 e. The second-order valence-corrected chi connectivity index (χ2v) is 24.9. The quantitative estimate of drug-likeness (QED) is 0.113. The van der Waals surface area contributed by atoms with E-state index in [0.29, 0.717) is 44.9 Å². The molecular weight excluding hydrogens is 1190 g/mol. The molecule has 436 valence electrons. The van der Waals surface area contributed by atoms with Gasteiger partial charge in [0.15, 0.2) is 0 Å². The molecule has 3 aliphatic rings. The van der Waals surface area contributed by atoms with Crippen LogP contribution in [-0.2, 0) is 44.5 Å². The highest BCUT2D eigenvalue weighted by atomic mass is 79.9. The first-order valence-electron chi connectivity index (χ1n) is 26.0. The van der Waals surface area contributed by atoms with Gasteiger partial charge in [-0.15, -0.1) is 0 Å². The van der Waals surface area contributed by atoms with Gasteiger partial charge in [-0.3, -0.25) is 19.2 Å². The number of aryl methyl sites for hydroxylation is 3. The lowest BCUT2D eigenvalue weighted by Crippen LogP contribution is -2.49. The molecule has 3 aromatic rings. The van der Waals surface area contributed by atoms with Crippen LogP contribution in [0.1, 0.15) is 151 Å². The molecule has 16 nitrogen and oxygen atoms in total. The number of nitrogens with zero attached hydrogens (tertiary/aromatic N) is 4. The van der Waals surface area contributed by atoms with Crippen molar-refractivity contribution in [1.82, 2.24) is 14.7 Å². The van der Waals surface area contributed by atoms with Crippen molar-refractivity contribution in [2.45, 2.75) is 179 Å². The molecule has 0 radical (unpaired) electrons. The molecular formula is C59H88Br3N5O11. The number of Topliss-reactive ketones (excluding diaryl/α,β-unsaturated/α-hetero) is 1. The molecule has 6 rings (SSSR count). The van der Waals surface area contributed by atoms with Gasteiger partial charge in [-0.05, 0) is 186 Å². The summed E-state index contributed by atoms with van der Waals surface area (Å²) in [5.74, 6) is -0.221. The summed E-state index contributed by atoms with van der Waals surface area (Å²) in [7, 11) is 0. The number of hydrogen-bond acceptors (Lipinski definition) is 12. The number of ether oxygens (including phenoxy) is 4. The third-order valence-electron chi connectivity index (χ3n) is 11.7. The number of esters is 2. The summed E-state index contributed by atoms with van der Waals surface area (Å²) in [4.78, 5) is 85.6. The monoisotopic (exact) mass is 1280 g/mol. The summed E-state index contributed by atoms with van der Waals surface area (Å²) in [6.45, 7) is 30.7. The summed E-state index contributed by atoms with van der Waals surface area (Å²) in [5.41, 5.74) is 10.8. The van der Waals surface area contributed by atoms with Crippen molar-refractivity contribution in [3.8, 4) is 0 Å². The number of ketones is 1. The normalized spacial score (nSPS) is 14.8.